The Morgan fingerprint density at radius 1 is 1.36 bits per heavy atom. The van der Waals surface area contributed by atoms with Gasteiger partial charge in [-0.3, -0.25) is 9.69 Å². The molecule has 0 radical (unpaired) electrons. The second-order valence-electron chi connectivity index (χ2n) is 6.61. The van der Waals surface area contributed by atoms with E-state index in [0.717, 1.165) is 12.8 Å². The van der Waals surface area contributed by atoms with Crippen LogP contribution in [-0.4, -0.2) is 50.3 Å². The molecule has 1 N–H and O–H groups in total. The summed E-state index contributed by atoms with van der Waals surface area (Å²) in [6, 6.07) is 4.40. The molecule has 1 amide bonds. The van der Waals surface area contributed by atoms with Crippen LogP contribution in [0.25, 0.3) is 0 Å². The Kier molecular flexibility index (Phi) is 5.04. The number of anilines is 1. The highest BCUT2D eigenvalue weighted by Gasteiger charge is 2.29. The largest absolute Gasteiger partial charge is 0.482 e. The van der Waals surface area contributed by atoms with E-state index in [9.17, 15) is 13.2 Å². The van der Waals surface area contributed by atoms with Gasteiger partial charge in [0.2, 0.25) is 15.9 Å². The monoisotopic (exact) mass is 408 g/mol. The van der Waals surface area contributed by atoms with Crippen molar-refractivity contribution in [3.8, 4) is 5.75 Å². The van der Waals surface area contributed by atoms with E-state index < -0.39 is 10.0 Å². The predicted molar refractivity (Wildman–Crippen MR) is 96.3 cm³/mol. The maximum Gasteiger partial charge on any atom is 0.265 e. The average molecular weight is 408 g/mol. The Morgan fingerprint density at radius 3 is 2.93 bits per heavy atom. The summed E-state index contributed by atoms with van der Waals surface area (Å²) in [5, 5.41) is 3.80. The summed E-state index contributed by atoms with van der Waals surface area (Å²) in [5.41, 5.74) is 0.346. The van der Waals surface area contributed by atoms with Gasteiger partial charge in [0.15, 0.2) is 12.4 Å². The zero-order chi connectivity index (χ0) is 19.7. The summed E-state index contributed by atoms with van der Waals surface area (Å²) < 4.78 is 43.7. The third-order valence-corrected chi connectivity index (χ3v) is 6.00. The molecule has 0 bridgehead atoms. The van der Waals surface area contributed by atoms with Gasteiger partial charge in [-0.1, -0.05) is 5.16 Å². The Labute approximate surface area is 161 Å². The van der Waals surface area contributed by atoms with Gasteiger partial charge >= 0.3 is 0 Å². The minimum Gasteiger partial charge on any atom is -0.482 e. The molecule has 28 heavy (non-hydrogen) atoms. The standard InChI is InChI=1S/C17H20N4O6S/c1-11-19-16(20-27-11)9-21-14-7-13(4-5-15(14)26-10-17(21)22)28(23,24)18-8-12-3-2-6-25-12/h4-5,7,12,18H,2-3,6,8-10H2,1H3. The summed E-state index contributed by atoms with van der Waals surface area (Å²) >= 11 is 0. The maximum absolute atomic E-state index is 12.7. The summed E-state index contributed by atoms with van der Waals surface area (Å²) in [6.07, 6.45) is 1.64. The van der Waals surface area contributed by atoms with Gasteiger partial charge in [-0.15, -0.1) is 0 Å². The number of aromatic nitrogens is 2. The fraction of sp³-hybridized carbons (Fsp3) is 0.471. The van der Waals surface area contributed by atoms with Gasteiger partial charge in [0.1, 0.15) is 5.75 Å². The van der Waals surface area contributed by atoms with Crippen LogP contribution in [0, 0.1) is 6.92 Å². The second kappa shape index (κ2) is 7.49. The summed E-state index contributed by atoms with van der Waals surface area (Å²) in [5.74, 6) is 0.795. The van der Waals surface area contributed by atoms with E-state index in [-0.39, 0.29) is 36.6 Å². The molecule has 150 valence electrons. The van der Waals surface area contributed by atoms with Gasteiger partial charge in [0.05, 0.1) is 23.2 Å². The van der Waals surface area contributed by atoms with Crippen molar-refractivity contribution < 1.29 is 27.2 Å². The lowest BCUT2D eigenvalue weighted by atomic mass is 10.2. The zero-order valence-corrected chi connectivity index (χ0v) is 16.1. The van der Waals surface area contributed by atoms with E-state index in [2.05, 4.69) is 14.9 Å². The van der Waals surface area contributed by atoms with Crippen molar-refractivity contribution in [1.82, 2.24) is 14.9 Å². The number of amides is 1. The van der Waals surface area contributed by atoms with Crippen LogP contribution in [0.4, 0.5) is 5.69 Å². The third-order valence-electron chi connectivity index (χ3n) is 4.58. The first-order chi connectivity index (χ1) is 13.4. The van der Waals surface area contributed by atoms with Crippen LogP contribution in [0.5, 0.6) is 5.75 Å². The predicted octanol–water partition coefficient (Wildman–Crippen LogP) is 0.761. The van der Waals surface area contributed by atoms with E-state index >= 15 is 0 Å². The van der Waals surface area contributed by atoms with Crippen LogP contribution in [0.1, 0.15) is 24.6 Å². The van der Waals surface area contributed by atoms with Gasteiger partial charge in [-0.05, 0) is 31.0 Å². The average Bonchev–Trinajstić information content (AvgIpc) is 3.34. The van der Waals surface area contributed by atoms with Crippen LogP contribution in [-0.2, 0) is 26.1 Å². The van der Waals surface area contributed by atoms with E-state index in [0.29, 0.717) is 29.8 Å². The lowest BCUT2D eigenvalue weighted by Gasteiger charge is -2.28. The van der Waals surface area contributed by atoms with Crippen LogP contribution >= 0.6 is 0 Å². The highest BCUT2D eigenvalue weighted by Crippen LogP contribution is 2.35. The number of hydrogen-bond acceptors (Lipinski definition) is 8. The molecule has 1 saturated heterocycles. The number of carbonyl (C=O) groups excluding carboxylic acids is 1. The number of ether oxygens (including phenoxy) is 2. The van der Waals surface area contributed by atoms with Crippen LogP contribution < -0.4 is 14.4 Å². The Morgan fingerprint density at radius 2 is 2.21 bits per heavy atom. The first kappa shape index (κ1) is 18.8. The summed E-state index contributed by atoms with van der Waals surface area (Å²) in [7, 11) is -3.76. The molecule has 0 saturated carbocycles. The van der Waals surface area contributed by atoms with Gasteiger partial charge in [0.25, 0.3) is 5.91 Å². The number of rotatable bonds is 6. The van der Waals surface area contributed by atoms with Gasteiger partial charge < -0.3 is 14.0 Å². The van der Waals surface area contributed by atoms with Crippen LogP contribution in [0.2, 0.25) is 0 Å². The molecule has 3 heterocycles. The fourth-order valence-electron chi connectivity index (χ4n) is 3.16. The second-order valence-corrected chi connectivity index (χ2v) is 8.38. The highest BCUT2D eigenvalue weighted by atomic mass is 32.2. The first-order valence-electron chi connectivity index (χ1n) is 8.90. The zero-order valence-electron chi connectivity index (χ0n) is 15.3. The normalized spacial score (nSPS) is 19.5. The van der Waals surface area contributed by atoms with Crippen molar-refractivity contribution in [2.24, 2.45) is 0 Å². The van der Waals surface area contributed by atoms with Crippen molar-refractivity contribution in [1.29, 1.82) is 0 Å². The van der Waals surface area contributed by atoms with Crippen molar-refractivity contribution >= 4 is 21.6 Å². The number of hydrogen-bond donors (Lipinski definition) is 1. The molecule has 0 aliphatic carbocycles. The van der Waals surface area contributed by atoms with E-state index in [4.69, 9.17) is 14.0 Å². The number of benzene rings is 1. The molecule has 0 spiro atoms. The number of aryl methyl sites for hydroxylation is 1. The molecule has 4 rings (SSSR count). The maximum atomic E-state index is 12.7. The van der Waals surface area contributed by atoms with Gasteiger partial charge in [0, 0.05) is 20.1 Å². The first-order valence-corrected chi connectivity index (χ1v) is 10.4. The molecule has 1 fully saturated rings. The fourth-order valence-corrected chi connectivity index (χ4v) is 4.25. The smallest absolute Gasteiger partial charge is 0.265 e. The molecular formula is C17H20N4O6S. The summed E-state index contributed by atoms with van der Waals surface area (Å²) in [4.78, 5) is 17.9. The number of nitrogens with one attached hydrogen (secondary N) is 1. The molecule has 11 heteroatoms. The van der Waals surface area contributed by atoms with Crippen molar-refractivity contribution in [3.05, 3.63) is 29.9 Å². The Bertz CT molecular complexity index is 983. The molecule has 1 aromatic carbocycles. The number of carbonyl (C=O) groups is 1. The molecule has 1 unspecified atom stereocenters. The SMILES string of the molecule is Cc1nc(CN2C(=O)COc3ccc(S(=O)(=O)NCC4CCCO4)cc32)no1. The lowest BCUT2D eigenvalue weighted by molar-refractivity contribution is -0.121. The van der Waals surface area contributed by atoms with Crippen molar-refractivity contribution in [2.45, 2.75) is 37.3 Å². The lowest BCUT2D eigenvalue weighted by Crippen LogP contribution is -2.39. The highest BCUT2D eigenvalue weighted by molar-refractivity contribution is 7.89. The molecule has 2 aliphatic heterocycles. The quantitative estimate of drug-likeness (QED) is 0.743. The Balaban J connectivity index is 1.58. The topological polar surface area (TPSA) is 124 Å². The van der Waals surface area contributed by atoms with Crippen LogP contribution in [0.15, 0.2) is 27.6 Å². The van der Waals surface area contributed by atoms with E-state index in [1.807, 2.05) is 0 Å². The molecule has 1 aromatic heterocycles. The van der Waals surface area contributed by atoms with Crippen LogP contribution in [0.3, 0.4) is 0 Å². The van der Waals surface area contributed by atoms with Gasteiger partial charge in [-0.2, -0.15) is 4.98 Å². The molecule has 2 aliphatic rings. The molecule has 1 atom stereocenters. The van der Waals surface area contributed by atoms with E-state index in [1.165, 1.54) is 23.1 Å². The molecule has 10 nitrogen and oxygen atoms in total. The number of sulfonamides is 1. The van der Waals surface area contributed by atoms with Gasteiger partial charge in [-0.25, -0.2) is 13.1 Å². The summed E-state index contributed by atoms with van der Waals surface area (Å²) in [6.45, 7) is 2.42. The minimum atomic E-state index is -3.76. The van der Waals surface area contributed by atoms with E-state index in [1.54, 1.807) is 6.92 Å². The number of fused-ring (bicyclic) bond motifs is 1. The molecular weight excluding hydrogens is 388 g/mol. The Hall–Kier alpha value is -2.50. The number of nitrogens with zero attached hydrogens (tertiary/aromatic N) is 3. The third kappa shape index (κ3) is 3.86. The van der Waals surface area contributed by atoms with Crippen molar-refractivity contribution in [3.63, 3.8) is 0 Å². The van der Waals surface area contributed by atoms with Crippen molar-refractivity contribution in [2.75, 3.05) is 24.7 Å². The molecule has 2 aromatic rings. The minimum absolute atomic E-state index is 0.0387.